The van der Waals surface area contributed by atoms with Gasteiger partial charge in [0.25, 0.3) is 0 Å². The number of benzene rings is 2. The number of halogens is 3. The molecule has 2 aromatic rings. The van der Waals surface area contributed by atoms with Crippen LogP contribution in [0, 0.1) is 11.8 Å². The highest BCUT2D eigenvalue weighted by atomic mass is 19.4. The van der Waals surface area contributed by atoms with Crippen LogP contribution in [-0.2, 0) is 11.0 Å². The Kier molecular flexibility index (Phi) is 8.18. The van der Waals surface area contributed by atoms with Gasteiger partial charge in [0, 0.05) is 6.08 Å². The third-order valence-corrected chi connectivity index (χ3v) is 3.78. The minimum absolute atomic E-state index is 0.0704. The summed E-state index contributed by atoms with van der Waals surface area (Å²) in [5, 5.41) is 2.57. The van der Waals surface area contributed by atoms with Crippen molar-refractivity contribution in [1.29, 1.82) is 0 Å². The van der Waals surface area contributed by atoms with E-state index >= 15 is 0 Å². The van der Waals surface area contributed by atoms with Crippen molar-refractivity contribution < 1.29 is 32.2 Å². The summed E-state index contributed by atoms with van der Waals surface area (Å²) in [7, 11) is 3.06. The van der Waals surface area contributed by atoms with Gasteiger partial charge in [0.05, 0.1) is 26.3 Å². The van der Waals surface area contributed by atoms with Gasteiger partial charge >= 0.3 is 6.18 Å². The Morgan fingerprint density at radius 2 is 1.83 bits per heavy atom. The molecule has 2 rings (SSSR count). The summed E-state index contributed by atoms with van der Waals surface area (Å²) >= 11 is 0. The second-order valence-electron chi connectivity index (χ2n) is 5.83. The molecule has 30 heavy (non-hydrogen) atoms. The van der Waals surface area contributed by atoms with Crippen LogP contribution in [0.4, 0.5) is 13.2 Å². The molecule has 0 aromatic heterocycles. The largest absolute Gasteiger partial charge is 0.493 e. The minimum atomic E-state index is -4.43. The Bertz CT molecular complexity index is 959. The lowest BCUT2D eigenvalue weighted by molar-refractivity contribution is -0.137. The number of carbonyl (C=O) groups excluding carboxylic acids is 1. The summed E-state index contributed by atoms with van der Waals surface area (Å²) in [4.78, 5) is 11.8. The lowest BCUT2D eigenvalue weighted by Crippen LogP contribution is -2.21. The number of rotatable bonds is 7. The molecule has 0 bridgehead atoms. The summed E-state index contributed by atoms with van der Waals surface area (Å²) in [6.07, 6.45) is -1.47. The third-order valence-electron chi connectivity index (χ3n) is 3.78. The standard InChI is InChI=1S/C22H20F3NO4/c1-28-19-10-8-16(14-20(19)29-2)9-11-21(27)26-12-3-4-13-30-18-7-5-6-17(15-18)22(23,24)25/h5-11,14-15H,12-13H2,1-2H3,(H,26,27)/b11-9+. The molecule has 0 radical (unpaired) electrons. The van der Waals surface area contributed by atoms with Crippen molar-refractivity contribution in [3.05, 3.63) is 59.7 Å². The molecule has 0 saturated heterocycles. The monoisotopic (exact) mass is 419 g/mol. The first-order chi connectivity index (χ1) is 14.3. The number of alkyl halides is 3. The van der Waals surface area contributed by atoms with Gasteiger partial charge in [-0.05, 0) is 42.0 Å². The molecule has 158 valence electrons. The maximum Gasteiger partial charge on any atom is 0.416 e. The van der Waals surface area contributed by atoms with Gasteiger partial charge in [-0.1, -0.05) is 24.0 Å². The van der Waals surface area contributed by atoms with Gasteiger partial charge in [-0.2, -0.15) is 13.2 Å². The molecule has 0 heterocycles. The number of nitrogens with one attached hydrogen (secondary N) is 1. The lowest BCUT2D eigenvalue weighted by Gasteiger charge is -2.08. The molecule has 0 saturated carbocycles. The molecule has 0 unspecified atom stereocenters. The van der Waals surface area contributed by atoms with Gasteiger partial charge in [0.15, 0.2) is 11.5 Å². The molecular formula is C22H20F3NO4. The van der Waals surface area contributed by atoms with Crippen molar-refractivity contribution >= 4 is 12.0 Å². The topological polar surface area (TPSA) is 56.8 Å². The number of hydrogen-bond acceptors (Lipinski definition) is 4. The van der Waals surface area contributed by atoms with Crippen LogP contribution in [-0.4, -0.2) is 33.3 Å². The van der Waals surface area contributed by atoms with E-state index in [0.717, 1.165) is 17.7 Å². The van der Waals surface area contributed by atoms with Crippen LogP contribution in [0.15, 0.2) is 48.5 Å². The van der Waals surface area contributed by atoms with Crippen molar-refractivity contribution in [1.82, 2.24) is 5.32 Å². The fourth-order valence-corrected chi connectivity index (χ4v) is 2.31. The third kappa shape index (κ3) is 7.09. The molecule has 0 spiro atoms. The highest BCUT2D eigenvalue weighted by Crippen LogP contribution is 2.31. The van der Waals surface area contributed by atoms with Crippen LogP contribution < -0.4 is 19.5 Å². The average molecular weight is 419 g/mol. The second kappa shape index (κ2) is 10.8. The van der Waals surface area contributed by atoms with E-state index in [1.54, 1.807) is 24.3 Å². The molecule has 1 N–H and O–H groups in total. The van der Waals surface area contributed by atoms with Crippen molar-refractivity contribution in [3.63, 3.8) is 0 Å². The SMILES string of the molecule is COc1ccc(/C=C/C(=O)NCC#CCOc2cccc(C(F)(F)F)c2)cc1OC. The van der Waals surface area contributed by atoms with Gasteiger partial charge in [-0.25, -0.2) is 0 Å². The first-order valence-electron chi connectivity index (χ1n) is 8.77. The number of ether oxygens (including phenoxy) is 3. The van der Waals surface area contributed by atoms with Gasteiger partial charge in [-0.15, -0.1) is 0 Å². The number of carbonyl (C=O) groups is 1. The summed E-state index contributed by atoms with van der Waals surface area (Å²) < 4.78 is 53.4. The first-order valence-corrected chi connectivity index (χ1v) is 8.77. The Morgan fingerprint density at radius 1 is 1.07 bits per heavy atom. The second-order valence-corrected chi connectivity index (χ2v) is 5.83. The Hall–Kier alpha value is -3.60. The van der Waals surface area contributed by atoms with Crippen LogP contribution in [0.2, 0.25) is 0 Å². The van der Waals surface area contributed by atoms with E-state index < -0.39 is 11.7 Å². The molecule has 8 heteroatoms. The number of methoxy groups -OCH3 is 2. The zero-order chi connectivity index (χ0) is 22.0. The molecule has 0 fully saturated rings. The molecule has 5 nitrogen and oxygen atoms in total. The predicted octanol–water partition coefficient (Wildman–Crippen LogP) is 3.93. The van der Waals surface area contributed by atoms with Crippen LogP contribution in [0.5, 0.6) is 17.2 Å². The van der Waals surface area contributed by atoms with Gasteiger partial charge in [0.1, 0.15) is 12.4 Å². The van der Waals surface area contributed by atoms with E-state index in [0.29, 0.717) is 11.5 Å². The van der Waals surface area contributed by atoms with Crippen LogP contribution in [0.25, 0.3) is 6.08 Å². The van der Waals surface area contributed by atoms with Crippen LogP contribution >= 0.6 is 0 Å². The molecule has 0 atom stereocenters. The first kappa shape index (κ1) is 22.7. The smallest absolute Gasteiger partial charge is 0.416 e. The summed E-state index contributed by atoms with van der Waals surface area (Å²) in [5.74, 6) is 6.14. The van der Waals surface area contributed by atoms with Crippen molar-refractivity contribution in [2.24, 2.45) is 0 Å². The van der Waals surface area contributed by atoms with Crippen LogP contribution in [0.1, 0.15) is 11.1 Å². The van der Waals surface area contributed by atoms with Gasteiger partial charge in [0.2, 0.25) is 5.91 Å². The Morgan fingerprint density at radius 3 is 2.53 bits per heavy atom. The maximum absolute atomic E-state index is 12.6. The maximum atomic E-state index is 12.6. The van der Waals surface area contributed by atoms with E-state index in [-0.39, 0.29) is 24.8 Å². The lowest BCUT2D eigenvalue weighted by atomic mass is 10.2. The van der Waals surface area contributed by atoms with Crippen molar-refractivity contribution in [3.8, 4) is 29.1 Å². The molecule has 2 aromatic carbocycles. The normalized spacial score (nSPS) is 10.8. The average Bonchev–Trinajstić information content (AvgIpc) is 2.74. The van der Waals surface area contributed by atoms with Crippen molar-refractivity contribution in [2.75, 3.05) is 27.4 Å². The van der Waals surface area contributed by atoms with E-state index in [9.17, 15) is 18.0 Å². The molecule has 0 aliphatic carbocycles. The Balaban J connectivity index is 1.78. The number of hydrogen-bond donors (Lipinski definition) is 1. The van der Waals surface area contributed by atoms with E-state index in [1.807, 2.05) is 0 Å². The van der Waals surface area contributed by atoms with Crippen molar-refractivity contribution in [2.45, 2.75) is 6.18 Å². The van der Waals surface area contributed by atoms with E-state index in [4.69, 9.17) is 14.2 Å². The Labute approximate surface area is 172 Å². The fraction of sp³-hybridized carbons (Fsp3) is 0.227. The summed E-state index contributed by atoms with van der Waals surface area (Å²) in [5.41, 5.74) is -0.0372. The minimum Gasteiger partial charge on any atom is -0.493 e. The predicted molar refractivity (Wildman–Crippen MR) is 106 cm³/mol. The molecule has 0 aliphatic rings. The molecular weight excluding hydrogens is 399 g/mol. The highest BCUT2D eigenvalue weighted by Gasteiger charge is 2.30. The fourth-order valence-electron chi connectivity index (χ4n) is 2.31. The quantitative estimate of drug-likeness (QED) is 0.546. The summed E-state index contributed by atoms with van der Waals surface area (Å²) in [6.45, 7) is -0.0281. The molecule has 1 amide bonds. The molecule has 0 aliphatic heterocycles. The zero-order valence-corrected chi connectivity index (χ0v) is 16.4. The van der Waals surface area contributed by atoms with Gasteiger partial charge < -0.3 is 19.5 Å². The highest BCUT2D eigenvalue weighted by molar-refractivity contribution is 5.91. The van der Waals surface area contributed by atoms with Crippen LogP contribution in [0.3, 0.4) is 0 Å². The summed E-state index contributed by atoms with van der Waals surface area (Å²) in [6, 6.07) is 9.77. The van der Waals surface area contributed by atoms with Gasteiger partial charge in [-0.3, -0.25) is 4.79 Å². The van der Waals surface area contributed by atoms with E-state index in [2.05, 4.69) is 17.2 Å². The zero-order valence-electron chi connectivity index (χ0n) is 16.4. The van der Waals surface area contributed by atoms with E-state index in [1.165, 1.54) is 32.4 Å². The number of amides is 1.